The molecule has 1 aromatic carbocycles. The van der Waals surface area contributed by atoms with Gasteiger partial charge in [0.1, 0.15) is 5.82 Å². The molecule has 1 aliphatic rings. The van der Waals surface area contributed by atoms with Crippen molar-refractivity contribution in [2.75, 3.05) is 26.2 Å². The minimum Gasteiger partial charge on any atom is -0.297 e. The number of rotatable bonds is 4. The molecule has 0 aliphatic carbocycles. The SMILES string of the molecule is FC(F)(F)c1cccc(CN2CCN(Cc3ncccn3)CC2)c1. The average Bonchev–Trinajstić information content (AvgIpc) is 2.57. The highest BCUT2D eigenvalue weighted by atomic mass is 19.4. The largest absolute Gasteiger partial charge is 0.416 e. The van der Waals surface area contributed by atoms with E-state index in [0.29, 0.717) is 18.7 Å². The molecule has 1 aliphatic heterocycles. The lowest BCUT2D eigenvalue weighted by molar-refractivity contribution is -0.137. The lowest BCUT2D eigenvalue weighted by Gasteiger charge is -2.34. The third kappa shape index (κ3) is 4.52. The highest BCUT2D eigenvalue weighted by Gasteiger charge is 2.30. The van der Waals surface area contributed by atoms with Crippen molar-refractivity contribution in [2.24, 2.45) is 0 Å². The Labute approximate surface area is 138 Å². The maximum absolute atomic E-state index is 12.8. The van der Waals surface area contributed by atoms with Gasteiger partial charge < -0.3 is 0 Å². The third-order valence-electron chi connectivity index (χ3n) is 4.11. The Kier molecular flexibility index (Phi) is 5.11. The molecule has 0 atom stereocenters. The summed E-state index contributed by atoms with van der Waals surface area (Å²) >= 11 is 0. The van der Waals surface area contributed by atoms with Crippen LogP contribution >= 0.6 is 0 Å². The first-order valence-electron chi connectivity index (χ1n) is 7.87. The van der Waals surface area contributed by atoms with Crippen LogP contribution < -0.4 is 0 Å². The maximum atomic E-state index is 12.8. The van der Waals surface area contributed by atoms with Crippen LogP contribution in [-0.4, -0.2) is 45.9 Å². The molecule has 4 nitrogen and oxygen atoms in total. The zero-order valence-electron chi connectivity index (χ0n) is 13.2. The Balaban J connectivity index is 1.52. The number of halogens is 3. The van der Waals surface area contributed by atoms with Crippen LogP contribution in [0.15, 0.2) is 42.7 Å². The van der Waals surface area contributed by atoms with Crippen molar-refractivity contribution < 1.29 is 13.2 Å². The van der Waals surface area contributed by atoms with E-state index in [2.05, 4.69) is 19.8 Å². The Morgan fingerprint density at radius 1 is 0.875 bits per heavy atom. The summed E-state index contributed by atoms with van der Waals surface area (Å²) in [5, 5.41) is 0. The van der Waals surface area contributed by atoms with Crippen molar-refractivity contribution >= 4 is 0 Å². The van der Waals surface area contributed by atoms with E-state index in [1.54, 1.807) is 24.5 Å². The predicted octanol–water partition coefficient (Wildman–Crippen LogP) is 2.81. The van der Waals surface area contributed by atoms with Crippen molar-refractivity contribution in [3.8, 4) is 0 Å². The van der Waals surface area contributed by atoms with Gasteiger partial charge in [-0.25, -0.2) is 9.97 Å². The van der Waals surface area contributed by atoms with Crippen LogP contribution in [0.1, 0.15) is 17.0 Å². The van der Waals surface area contributed by atoms with Crippen molar-refractivity contribution in [3.63, 3.8) is 0 Å². The minimum absolute atomic E-state index is 0.541. The van der Waals surface area contributed by atoms with Gasteiger partial charge in [-0.3, -0.25) is 9.80 Å². The molecule has 0 unspecified atom stereocenters. The van der Waals surface area contributed by atoms with Gasteiger partial charge in [0.15, 0.2) is 0 Å². The molecular formula is C17H19F3N4. The van der Waals surface area contributed by atoms with E-state index in [1.807, 2.05) is 0 Å². The van der Waals surface area contributed by atoms with Crippen LogP contribution in [0.3, 0.4) is 0 Å². The average molecular weight is 336 g/mol. The van der Waals surface area contributed by atoms with Crippen LogP contribution in [0.2, 0.25) is 0 Å². The zero-order chi connectivity index (χ0) is 17.0. The minimum atomic E-state index is -4.29. The Morgan fingerprint density at radius 3 is 2.12 bits per heavy atom. The number of piperazine rings is 1. The number of aromatic nitrogens is 2. The molecule has 0 radical (unpaired) electrons. The normalized spacial score (nSPS) is 17.1. The van der Waals surface area contributed by atoms with Crippen LogP contribution in [0, 0.1) is 0 Å². The molecule has 0 N–H and O–H groups in total. The van der Waals surface area contributed by atoms with Gasteiger partial charge in [0.05, 0.1) is 12.1 Å². The van der Waals surface area contributed by atoms with Crippen LogP contribution in [0.25, 0.3) is 0 Å². The van der Waals surface area contributed by atoms with Gasteiger partial charge in [0.25, 0.3) is 0 Å². The second-order valence-corrected chi connectivity index (χ2v) is 5.92. The molecule has 128 valence electrons. The van der Waals surface area contributed by atoms with Crippen molar-refractivity contribution in [1.82, 2.24) is 19.8 Å². The molecule has 1 aromatic heterocycles. The van der Waals surface area contributed by atoms with E-state index in [1.165, 1.54) is 12.1 Å². The number of hydrogen-bond acceptors (Lipinski definition) is 4. The van der Waals surface area contributed by atoms with Crippen LogP contribution in [0.4, 0.5) is 13.2 Å². The Hall–Kier alpha value is -1.99. The van der Waals surface area contributed by atoms with E-state index in [0.717, 1.165) is 38.1 Å². The number of hydrogen-bond donors (Lipinski definition) is 0. The number of alkyl halides is 3. The van der Waals surface area contributed by atoms with E-state index >= 15 is 0 Å². The van der Waals surface area contributed by atoms with Crippen molar-refractivity contribution in [3.05, 3.63) is 59.7 Å². The second kappa shape index (κ2) is 7.27. The van der Waals surface area contributed by atoms with Crippen LogP contribution in [-0.2, 0) is 19.3 Å². The fourth-order valence-corrected chi connectivity index (χ4v) is 2.82. The smallest absolute Gasteiger partial charge is 0.297 e. The first-order valence-corrected chi connectivity index (χ1v) is 7.87. The maximum Gasteiger partial charge on any atom is 0.416 e. The van der Waals surface area contributed by atoms with E-state index in [-0.39, 0.29) is 0 Å². The van der Waals surface area contributed by atoms with Gasteiger partial charge in [-0.1, -0.05) is 18.2 Å². The monoisotopic (exact) mass is 336 g/mol. The highest BCUT2D eigenvalue weighted by molar-refractivity contribution is 5.25. The van der Waals surface area contributed by atoms with E-state index in [4.69, 9.17) is 0 Å². The quantitative estimate of drug-likeness (QED) is 0.859. The van der Waals surface area contributed by atoms with Crippen molar-refractivity contribution in [2.45, 2.75) is 19.3 Å². The summed E-state index contributed by atoms with van der Waals surface area (Å²) in [6, 6.07) is 7.36. The third-order valence-corrected chi connectivity index (χ3v) is 4.11. The molecule has 2 heterocycles. The highest BCUT2D eigenvalue weighted by Crippen LogP contribution is 2.29. The van der Waals surface area contributed by atoms with Gasteiger partial charge in [0, 0.05) is 45.1 Å². The number of nitrogens with zero attached hydrogens (tertiary/aromatic N) is 4. The first-order chi connectivity index (χ1) is 11.5. The van der Waals surface area contributed by atoms with Crippen LogP contribution in [0.5, 0.6) is 0 Å². The summed E-state index contributed by atoms with van der Waals surface area (Å²) in [4.78, 5) is 12.9. The molecule has 24 heavy (non-hydrogen) atoms. The molecular weight excluding hydrogens is 317 g/mol. The standard InChI is InChI=1S/C17H19F3N4/c18-17(19,20)15-4-1-3-14(11-15)12-23-7-9-24(10-8-23)13-16-21-5-2-6-22-16/h1-6,11H,7-10,12-13H2. The summed E-state index contributed by atoms with van der Waals surface area (Å²) in [5.74, 6) is 0.795. The summed E-state index contributed by atoms with van der Waals surface area (Å²) in [5.41, 5.74) is 0.115. The number of benzene rings is 1. The topological polar surface area (TPSA) is 32.3 Å². The summed E-state index contributed by atoms with van der Waals surface area (Å²) < 4.78 is 38.3. The first kappa shape index (κ1) is 16.9. The molecule has 7 heteroatoms. The van der Waals surface area contributed by atoms with E-state index < -0.39 is 11.7 Å². The Morgan fingerprint density at radius 2 is 1.50 bits per heavy atom. The Bertz CT molecular complexity index is 652. The summed E-state index contributed by atoms with van der Waals surface area (Å²) in [6.07, 6.45) is -0.831. The molecule has 0 spiro atoms. The van der Waals surface area contributed by atoms with E-state index in [9.17, 15) is 13.2 Å². The molecule has 0 bridgehead atoms. The van der Waals surface area contributed by atoms with Gasteiger partial charge in [-0.05, 0) is 17.7 Å². The second-order valence-electron chi connectivity index (χ2n) is 5.92. The van der Waals surface area contributed by atoms with Gasteiger partial charge in [-0.15, -0.1) is 0 Å². The molecule has 0 saturated carbocycles. The fraction of sp³-hybridized carbons (Fsp3) is 0.412. The van der Waals surface area contributed by atoms with Gasteiger partial charge >= 0.3 is 6.18 Å². The molecule has 1 saturated heterocycles. The molecule has 2 aromatic rings. The predicted molar refractivity (Wildman–Crippen MR) is 84.0 cm³/mol. The lowest BCUT2D eigenvalue weighted by Crippen LogP contribution is -2.45. The molecule has 0 amide bonds. The van der Waals surface area contributed by atoms with Crippen molar-refractivity contribution in [1.29, 1.82) is 0 Å². The fourth-order valence-electron chi connectivity index (χ4n) is 2.82. The molecule has 1 fully saturated rings. The summed E-state index contributed by atoms with van der Waals surface area (Å²) in [7, 11) is 0. The summed E-state index contributed by atoms with van der Waals surface area (Å²) in [6.45, 7) is 4.61. The van der Waals surface area contributed by atoms with Gasteiger partial charge in [0.2, 0.25) is 0 Å². The zero-order valence-corrected chi connectivity index (χ0v) is 13.2. The lowest BCUT2D eigenvalue weighted by atomic mass is 10.1. The molecule has 3 rings (SSSR count). The van der Waals surface area contributed by atoms with Gasteiger partial charge in [-0.2, -0.15) is 13.2 Å².